The molecule has 12 atom stereocenters. The van der Waals surface area contributed by atoms with Gasteiger partial charge in [0.2, 0.25) is 0 Å². The van der Waals surface area contributed by atoms with E-state index in [1.54, 1.807) is 6.08 Å². The lowest BCUT2D eigenvalue weighted by Gasteiger charge is -2.65. The quantitative estimate of drug-likeness (QED) is 0.268. The Bertz CT molecular complexity index is 1210. The maximum absolute atomic E-state index is 13.2. The van der Waals surface area contributed by atoms with Gasteiger partial charge >= 0.3 is 5.97 Å². The van der Waals surface area contributed by atoms with Crippen LogP contribution in [0.25, 0.3) is 0 Å². The van der Waals surface area contributed by atoms with Crippen LogP contribution in [0.2, 0.25) is 0 Å². The minimum atomic E-state index is -1.18. The second-order valence-corrected chi connectivity index (χ2v) is 16.0. The number of cyclic esters (lactones) is 1. The summed E-state index contributed by atoms with van der Waals surface area (Å²) in [4.78, 5) is 25.1. The average molecular weight is 615 g/mol. The number of ether oxygens (including phenoxy) is 5. The SMILES string of the molecule is C[C@@H]1O[C@@H](O[C@H]2CC[C@]3(C=O)[C@H]4CC[C@]5(C)[C@@H](C6=CC(=O)OC6)CC[C@]5(O)[C@@H]4CC[C@]3(O)C2)C[C@H]2OC3(CCCCC3)O[C@H]12. The first kappa shape index (κ1) is 30.0. The van der Waals surface area contributed by atoms with Gasteiger partial charge in [-0.25, -0.2) is 4.79 Å². The molecule has 5 saturated carbocycles. The summed E-state index contributed by atoms with van der Waals surface area (Å²) in [6.45, 7) is 4.52. The molecular weight excluding hydrogens is 564 g/mol. The lowest BCUT2D eigenvalue weighted by atomic mass is 9.41. The summed E-state index contributed by atoms with van der Waals surface area (Å²) < 4.78 is 31.2. The van der Waals surface area contributed by atoms with Crippen LogP contribution in [0.1, 0.15) is 110 Å². The monoisotopic (exact) mass is 614 g/mol. The minimum Gasteiger partial charge on any atom is -0.458 e. The van der Waals surface area contributed by atoms with Gasteiger partial charge < -0.3 is 38.7 Å². The van der Waals surface area contributed by atoms with E-state index in [9.17, 15) is 19.8 Å². The van der Waals surface area contributed by atoms with Crippen LogP contribution in [-0.2, 0) is 33.3 Å². The van der Waals surface area contributed by atoms with Crippen LogP contribution in [0.5, 0.6) is 0 Å². The number of carbonyl (C=O) groups is 2. The number of aldehydes is 1. The van der Waals surface area contributed by atoms with E-state index in [0.29, 0.717) is 51.6 Å². The number of hydrogen-bond acceptors (Lipinski definition) is 9. The molecule has 244 valence electrons. The van der Waals surface area contributed by atoms with Crippen LogP contribution >= 0.6 is 0 Å². The highest BCUT2D eigenvalue weighted by molar-refractivity contribution is 5.85. The predicted octanol–water partition coefficient (Wildman–Crippen LogP) is 4.50. The van der Waals surface area contributed by atoms with Crippen LogP contribution in [0.3, 0.4) is 0 Å². The molecule has 8 aliphatic rings. The molecule has 9 heteroatoms. The van der Waals surface area contributed by atoms with Crippen molar-refractivity contribution in [2.75, 3.05) is 6.61 Å². The molecule has 5 aliphatic carbocycles. The first-order chi connectivity index (χ1) is 21.0. The van der Waals surface area contributed by atoms with E-state index in [0.717, 1.165) is 56.8 Å². The third kappa shape index (κ3) is 4.18. The molecule has 0 aromatic heterocycles. The number of aliphatic hydroxyl groups is 2. The number of esters is 1. The molecular formula is C35H50O9. The summed E-state index contributed by atoms with van der Waals surface area (Å²) in [5, 5.41) is 24.8. The third-order valence-corrected chi connectivity index (χ3v) is 14.1. The average Bonchev–Trinajstić information content (AvgIpc) is 3.66. The van der Waals surface area contributed by atoms with Crippen molar-refractivity contribution in [3.63, 3.8) is 0 Å². The van der Waals surface area contributed by atoms with Crippen LogP contribution in [-0.4, -0.2) is 76.8 Å². The molecule has 3 heterocycles. The second-order valence-electron chi connectivity index (χ2n) is 16.0. The van der Waals surface area contributed by atoms with Gasteiger partial charge in [-0.2, -0.15) is 0 Å². The fraction of sp³-hybridized carbons (Fsp3) is 0.886. The number of carbonyl (C=O) groups excluding carboxylic acids is 2. The van der Waals surface area contributed by atoms with Gasteiger partial charge in [-0.1, -0.05) is 13.3 Å². The predicted molar refractivity (Wildman–Crippen MR) is 157 cm³/mol. The minimum absolute atomic E-state index is 0.0600. The molecule has 7 fully saturated rings. The highest BCUT2D eigenvalue weighted by Gasteiger charge is 2.71. The molecule has 1 spiro atoms. The van der Waals surface area contributed by atoms with Gasteiger partial charge in [0.15, 0.2) is 12.1 Å². The van der Waals surface area contributed by atoms with Gasteiger partial charge in [0.1, 0.15) is 19.0 Å². The fourth-order valence-corrected chi connectivity index (χ4v) is 11.9. The molecule has 0 aromatic rings. The van der Waals surface area contributed by atoms with E-state index < -0.39 is 28.7 Å². The van der Waals surface area contributed by atoms with Gasteiger partial charge in [-0.15, -0.1) is 0 Å². The number of rotatable bonds is 4. The Labute approximate surface area is 260 Å². The largest absolute Gasteiger partial charge is 0.458 e. The summed E-state index contributed by atoms with van der Waals surface area (Å²) in [7, 11) is 0. The highest BCUT2D eigenvalue weighted by atomic mass is 16.8. The van der Waals surface area contributed by atoms with Crippen LogP contribution < -0.4 is 0 Å². The summed E-state index contributed by atoms with van der Waals surface area (Å²) in [6.07, 6.45) is 13.4. The molecule has 2 N–H and O–H groups in total. The summed E-state index contributed by atoms with van der Waals surface area (Å²) in [5.41, 5.74) is -2.42. The van der Waals surface area contributed by atoms with Crippen molar-refractivity contribution in [1.82, 2.24) is 0 Å². The number of hydrogen-bond donors (Lipinski definition) is 2. The molecule has 0 aromatic carbocycles. The van der Waals surface area contributed by atoms with Crippen molar-refractivity contribution in [2.24, 2.45) is 28.6 Å². The van der Waals surface area contributed by atoms with Crippen molar-refractivity contribution in [3.05, 3.63) is 11.6 Å². The van der Waals surface area contributed by atoms with Crippen molar-refractivity contribution >= 4 is 12.3 Å². The maximum atomic E-state index is 13.2. The van der Waals surface area contributed by atoms with E-state index in [1.807, 2.05) is 6.92 Å². The van der Waals surface area contributed by atoms with E-state index in [4.69, 9.17) is 23.7 Å². The lowest BCUT2D eigenvalue weighted by Crippen LogP contribution is -2.69. The van der Waals surface area contributed by atoms with Gasteiger partial charge in [0.05, 0.1) is 34.9 Å². The Balaban J connectivity index is 0.971. The Kier molecular flexibility index (Phi) is 7.04. The molecule has 0 amide bonds. The zero-order chi connectivity index (χ0) is 30.5. The van der Waals surface area contributed by atoms with E-state index in [-0.39, 0.29) is 53.6 Å². The smallest absolute Gasteiger partial charge is 0.331 e. The van der Waals surface area contributed by atoms with Crippen LogP contribution in [0.4, 0.5) is 0 Å². The molecule has 0 unspecified atom stereocenters. The normalized spacial score (nSPS) is 52.8. The third-order valence-electron chi connectivity index (χ3n) is 14.1. The van der Waals surface area contributed by atoms with E-state index in [1.165, 1.54) is 6.42 Å². The zero-order valence-electron chi connectivity index (χ0n) is 26.3. The van der Waals surface area contributed by atoms with Gasteiger partial charge in [0, 0.05) is 37.2 Å². The van der Waals surface area contributed by atoms with Gasteiger partial charge in [0.25, 0.3) is 0 Å². The van der Waals surface area contributed by atoms with Gasteiger partial charge in [-0.05, 0) is 94.5 Å². The molecule has 0 radical (unpaired) electrons. The lowest BCUT2D eigenvalue weighted by molar-refractivity contribution is -0.278. The van der Waals surface area contributed by atoms with Crippen molar-refractivity contribution in [3.8, 4) is 0 Å². The van der Waals surface area contributed by atoms with Crippen molar-refractivity contribution in [2.45, 2.75) is 158 Å². The molecule has 44 heavy (non-hydrogen) atoms. The van der Waals surface area contributed by atoms with E-state index in [2.05, 4.69) is 6.92 Å². The topological polar surface area (TPSA) is 121 Å². The first-order valence-electron chi connectivity index (χ1n) is 17.5. The second kappa shape index (κ2) is 10.3. The van der Waals surface area contributed by atoms with E-state index >= 15 is 0 Å². The maximum Gasteiger partial charge on any atom is 0.331 e. The highest BCUT2D eigenvalue weighted by Crippen LogP contribution is 2.70. The summed E-state index contributed by atoms with van der Waals surface area (Å²) in [5.74, 6) is -0.828. The Morgan fingerprint density at radius 2 is 1.75 bits per heavy atom. The molecule has 3 aliphatic heterocycles. The van der Waals surface area contributed by atoms with Crippen molar-refractivity contribution in [1.29, 1.82) is 0 Å². The standard InChI is InChI=1S/C35H50O9/c1-21-30-27(43-34(44-30)10-4-3-5-11-34)17-29(41-21)42-23-6-13-32(20-36)25-7-12-31(2)24(22-16-28(37)40-19-22)9-15-35(31,39)26(25)8-14-33(32,38)18-23/h16,20-21,23-27,29-30,38-39H,3-15,17-19H2,1-2H3/t21-,23-,24+,25-,26+,27+,29-,30+,31+,32-,33-,35-/m0/s1. The Hall–Kier alpha value is -1.36. The van der Waals surface area contributed by atoms with Crippen LogP contribution in [0, 0.1) is 28.6 Å². The zero-order valence-corrected chi connectivity index (χ0v) is 26.3. The molecule has 8 rings (SSSR count). The summed E-state index contributed by atoms with van der Waals surface area (Å²) in [6, 6.07) is 0. The Morgan fingerprint density at radius 1 is 0.955 bits per heavy atom. The summed E-state index contributed by atoms with van der Waals surface area (Å²) >= 11 is 0. The van der Waals surface area contributed by atoms with Gasteiger partial charge in [-0.3, -0.25) is 0 Å². The fourth-order valence-electron chi connectivity index (χ4n) is 11.9. The Morgan fingerprint density at radius 3 is 2.50 bits per heavy atom. The van der Waals surface area contributed by atoms with Crippen molar-refractivity contribution < 1.29 is 43.5 Å². The molecule has 2 saturated heterocycles. The van der Waals surface area contributed by atoms with Crippen LogP contribution in [0.15, 0.2) is 11.6 Å². The molecule has 9 nitrogen and oxygen atoms in total. The molecule has 0 bridgehead atoms. The number of fused-ring (bicyclic) bond motifs is 6. The first-order valence-corrected chi connectivity index (χ1v) is 17.5.